The molecular formula is C21H30N4O3. The first-order valence-electron chi connectivity index (χ1n) is 10.5. The number of hydrogen-bond acceptors (Lipinski definition) is 4. The van der Waals surface area contributed by atoms with Crippen molar-refractivity contribution >= 4 is 11.9 Å². The second-order valence-electron chi connectivity index (χ2n) is 8.30. The summed E-state index contributed by atoms with van der Waals surface area (Å²) in [5, 5.41) is 6.11. The lowest BCUT2D eigenvalue weighted by Crippen LogP contribution is -2.41. The molecule has 0 saturated carbocycles. The lowest BCUT2D eigenvalue weighted by atomic mass is 9.73. The van der Waals surface area contributed by atoms with Crippen LogP contribution in [0.15, 0.2) is 24.5 Å². The Bertz CT molecular complexity index is 713. The Kier molecular flexibility index (Phi) is 5.53. The van der Waals surface area contributed by atoms with Gasteiger partial charge >= 0.3 is 6.03 Å². The molecule has 1 spiro atoms. The molecule has 0 unspecified atom stereocenters. The molecule has 1 aromatic heterocycles. The molecule has 7 heteroatoms. The van der Waals surface area contributed by atoms with E-state index in [1.165, 1.54) is 0 Å². The number of amides is 3. The second kappa shape index (κ2) is 8.07. The van der Waals surface area contributed by atoms with Crippen LogP contribution in [0.5, 0.6) is 0 Å². The number of carbonyl (C=O) groups excluding carboxylic acids is 2. The van der Waals surface area contributed by atoms with E-state index in [1.54, 1.807) is 24.5 Å². The van der Waals surface area contributed by atoms with Gasteiger partial charge in [-0.3, -0.25) is 9.78 Å². The van der Waals surface area contributed by atoms with Gasteiger partial charge in [-0.25, -0.2) is 4.79 Å². The Morgan fingerprint density at radius 2 is 2.11 bits per heavy atom. The number of rotatable bonds is 7. The monoisotopic (exact) mass is 386 g/mol. The quantitative estimate of drug-likeness (QED) is 0.704. The average molecular weight is 386 g/mol. The number of unbranched alkanes of at least 4 members (excludes halogenated alkanes) is 2. The van der Waals surface area contributed by atoms with Crippen molar-refractivity contribution in [1.29, 1.82) is 0 Å². The molecule has 0 aromatic carbocycles. The normalized spacial score (nSPS) is 30.3. The van der Waals surface area contributed by atoms with Crippen molar-refractivity contribution in [3.05, 3.63) is 30.1 Å². The fraction of sp³-hybridized carbons (Fsp3) is 0.667. The third kappa shape index (κ3) is 3.60. The summed E-state index contributed by atoms with van der Waals surface area (Å²) in [7, 11) is 0. The van der Waals surface area contributed by atoms with Crippen LogP contribution in [0.25, 0.3) is 0 Å². The standard InChI is InChI=1S/C21H30N4O3/c1-2-3-4-9-23-20(27)25-13-17-16(18-5-8-21(17,14-25)28-18)12-24-19(26)15-6-10-22-11-7-15/h6-7,10-11,16-18H,2-5,8-9,12-14H2,1H3,(H,23,27)(H,24,26)/t16-,17+,18+,21+/m0/s1. The van der Waals surface area contributed by atoms with Gasteiger partial charge in [-0.05, 0) is 31.4 Å². The van der Waals surface area contributed by atoms with Gasteiger partial charge in [-0.15, -0.1) is 0 Å². The first-order chi connectivity index (χ1) is 13.6. The number of pyridine rings is 1. The molecule has 3 saturated heterocycles. The van der Waals surface area contributed by atoms with E-state index in [4.69, 9.17) is 4.74 Å². The molecule has 4 rings (SSSR count). The number of nitrogens with one attached hydrogen (secondary N) is 2. The molecule has 4 heterocycles. The molecule has 28 heavy (non-hydrogen) atoms. The SMILES string of the molecule is CCCCCNC(=O)N1C[C@@H]2[C@H](CNC(=O)c3ccncc3)[C@H]3CC[C@]2(C1)O3. The van der Waals surface area contributed by atoms with Crippen LogP contribution >= 0.6 is 0 Å². The maximum absolute atomic E-state index is 12.6. The molecule has 2 N–H and O–H groups in total. The predicted molar refractivity (Wildman–Crippen MR) is 105 cm³/mol. The fourth-order valence-electron chi connectivity index (χ4n) is 5.12. The number of carbonyl (C=O) groups is 2. The maximum atomic E-state index is 12.6. The Balaban J connectivity index is 1.34. The minimum absolute atomic E-state index is 0.0199. The van der Waals surface area contributed by atoms with E-state index < -0.39 is 0 Å². The van der Waals surface area contributed by atoms with Crippen LogP contribution in [-0.4, -0.2) is 59.7 Å². The number of ether oxygens (including phenoxy) is 1. The minimum Gasteiger partial charge on any atom is -0.369 e. The zero-order valence-corrected chi connectivity index (χ0v) is 16.5. The first kappa shape index (κ1) is 19.2. The lowest BCUT2D eigenvalue weighted by Gasteiger charge is -2.29. The lowest BCUT2D eigenvalue weighted by molar-refractivity contribution is 0.00554. The van der Waals surface area contributed by atoms with Crippen molar-refractivity contribution in [2.24, 2.45) is 11.8 Å². The maximum Gasteiger partial charge on any atom is 0.317 e. The topological polar surface area (TPSA) is 83.6 Å². The summed E-state index contributed by atoms with van der Waals surface area (Å²) in [6.07, 6.45) is 8.76. The molecule has 7 nitrogen and oxygen atoms in total. The Labute approximate surface area is 166 Å². The van der Waals surface area contributed by atoms with Crippen LogP contribution in [0.3, 0.4) is 0 Å². The molecule has 3 amide bonds. The van der Waals surface area contributed by atoms with Gasteiger partial charge in [0, 0.05) is 49.4 Å². The molecule has 3 aliphatic rings. The molecule has 0 radical (unpaired) electrons. The van der Waals surface area contributed by atoms with Gasteiger partial charge in [0.2, 0.25) is 0 Å². The Morgan fingerprint density at radius 3 is 2.89 bits per heavy atom. The predicted octanol–water partition coefficient (Wildman–Crippen LogP) is 2.19. The number of aromatic nitrogens is 1. The van der Waals surface area contributed by atoms with Gasteiger partial charge in [-0.2, -0.15) is 0 Å². The number of urea groups is 1. The highest BCUT2D eigenvalue weighted by atomic mass is 16.5. The van der Waals surface area contributed by atoms with Crippen molar-refractivity contribution in [2.75, 3.05) is 26.2 Å². The minimum atomic E-state index is -0.211. The van der Waals surface area contributed by atoms with Crippen LogP contribution in [0.2, 0.25) is 0 Å². The van der Waals surface area contributed by atoms with Crippen molar-refractivity contribution in [1.82, 2.24) is 20.5 Å². The smallest absolute Gasteiger partial charge is 0.317 e. The summed E-state index contributed by atoms with van der Waals surface area (Å²) in [6, 6.07) is 3.45. The summed E-state index contributed by atoms with van der Waals surface area (Å²) in [4.78, 5) is 30.8. The van der Waals surface area contributed by atoms with E-state index in [9.17, 15) is 9.59 Å². The van der Waals surface area contributed by atoms with Gasteiger partial charge in [0.05, 0.1) is 18.2 Å². The summed E-state index contributed by atoms with van der Waals surface area (Å²) in [5.74, 6) is 0.477. The van der Waals surface area contributed by atoms with E-state index in [-0.39, 0.29) is 29.6 Å². The van der Waals surface area contributed by atoms with Crippen LogP contribution in [0.4, 0.5) is 4.79 Å². The van der Waals surface area contributed by atoms with Gasteiger partial charge in [0.15, 0.2) is 0 Å². The van der Waals surface area contributed by atoms with E-state index >= 15 is 0 Å². The third-order valence-electron chi connectivity index (χ3n) is 6.57. The molecular weight excluding hydrogens is 356 g/mol. The number of hydrogen-bond donors (Lipinski definition) is 2. The first-order valence-corrected chi connectivity index (χ1v) is 10.5. The zero-order valence-electron chi connectivity index (χ0n) is 16.5. The molecule has 152 valence electrons. The number of likely N-dealkylation sites (tertiary alicyclic amines) is 1. The molecule has 1 aromatic rings. The number of nitrogens with zero attached hydrogens (tertiary/aromatic N) is 2. The van der Waals surface area contributed by atoms with Crippen molar-refractivity contribution < 1.29 is 14.3 Å². The molecule has 0 aliphatic carbocycles. The highest BCUT2D eigenvalue weighted by molar-refractivity contribution is 5.93. The van der Waals surface area contributed by atoms with Gasteiger partial charge in [0.1, 0.15) is 0 Å². The summed E-state index contributed by atoms with van der Waals surface area (Å²) < 4.78 is 6.37. The van der Waals surface area contributed by atoms with Crippen molar-refractivity contribution in [3.8, 4) is 0 Å². The average Bonchev–Trinajstić information content (AvgIpc) is 3.38. The summed E-state index contributed by atoms with van der Waals surface area (Å²) in [6.45, 7) is 4.86. The molecule has 4 atom stereocenters. The van der Waals surface area contributed by atoms with Gasteiger partial charge in [0.25, 0.3) is 5.91 Å². The second-order valence-corrected chi connectivity index (χ2v) is 8.30. The van der Waals surface area contributed by atoms with Crippen LogP contribution < -0.4 is 10.6 Å². The van der Waals surface area contributed by atoms with Gasteiger partial charge in [-0.1, -0.05) is 19.8 Å². The largest absolute Gasteiger partial charge is 0.369 e. The van der Waals surface area contributed by atoms with Crippen LogP contribution in [-0.2, 0) is 4.74 Å². The Morgan fingerprint density at radius 1 is 1.29 bits per heavy atom. The zero-order chi connectivity index (χ0) is 19.6. The van der Waals surface area contributed by atoms with E-state index in [2.05, 4.69) is 22.5 Å². The Hall–Kier alpha value is -2.15. The number of fused-ring (bicyclic) bond motifs is 1. The van der Waals surface area contributed by atoms with Crippen LogP contribution in [0.1, 0.15) is 49.4 Å². The highest BCUT2D eigenvalue weighted by Gasteiger charge is 2.63. The van der Waals surface area contributed by atoms with Gasteiger partial charge < -0.3 is 20.3 Å². The summed E-state index contributed by atoms with van der Waals surface area (Å²) in [5.41, 5.74) is 0.408. The van der Waals surface area contributed by atoms with Crippen molar-refractivity contribution in [3.63, 3.8) is 0 Å². The fourth-order valence-corrected chi connectivity index (χ4v) is 5.12. The van der Waals surface area contributed by atoms with E-state index in [0.29, 0.717) is 31.1 Å². The molecule has 3 aliphatic heterocycles. The van der Waals surface area contributed by atoms with E-state index in [1.807, 2.05) is 4.90 Å². The van der Waals surface area contributed by atoms with Crippen molar-refractivity contribution in [2.45, 2.75) is 50.7 Å². The van der Waals surface area contributed by atoms with Crippen LogP contribution in [0, 0.1) is 11.8 Å². The highest BCUT2D eigenvalue weighted by Crippen LogP contribution is 2.54. The van der Waals surface area contributed by atoms with E-state index in [0.717, 1.165) is 38.6 Å². The summed E-state index contributed by atoms with van der Waals surface area (Å²) >= 11 is 0. The molecule has 2 bridgehead atoms. The third-order valence-corrected chi connectivity index (χ3v) is 6.57. The molecule has 3 fully saturated rings.